The van der Waals surface area contributed by atoms with E-state index in [1.165, 1.54) is 6.92 Å². The van der Waals surface area contributed by atoms with Crippen LogP contribution in [0.3, 0.4) is 0 Å². The third-order valence-electron chi connectivity index (χ3n) is 2.93. The standard InChI is InChI=1S/C16H24N2O3/c1-4-6-15(18-13(3)19)16(20)17-9-10-21-14-8-5-7-12(2)11-14/h5,7-8,11,15H,4,6,9-10H2,1-3H3,(H,17,20)(H,18,19). The lowest BCUT2D eigenvalue weighted by Crippen LogP contribution is -2.46. The number of hydrogen-bond donors (Lipinski definition) is 2. The number of carbonyl (C=O) groups is 2. The van der Waals surface area contributed by atoms with Crippen LogP contribution in [-0.4, -0.2) is 31.0 Å². The van der Waals surface area contributed by atoms with E-state index >= 15 is 0 Å². The topological polar surface area (TPSA) is 67.4 Å². The van der Waals surface area contributed by atoms with Gasteiger partial charge < -0.3 is 15.4 Å². The van der Waals surface area contributed by atoms with Crippen LogP contribution in [0, 0.1) is 6.92 Å². The average molecular weight is 292 g/mol. The van der Waals surface area contributed by atoms with Gasteiger partial charge in [-0.3, -0.25) is 9.59 Å². The van der Waals surface area contributed by atoms with E-state index in [1.807, 2.05) is 38.1 Å². The molecule has 1 atom stereocenters. The zero-order valence-electron chi connectivity index (χ0n) is 12.9. The molecule has 0 aliphatic carbocycles. The van der Waals surface area contributed by atoms with Gasteiger partial charge in [-0.15, -0.1) is 0 Å². The monoisotopic (exact) mass is 292 g/mol. The van der Waals surface area contributed by atoms with Gasteiger partial charge in [-0.2, -0.15) is 0 Å². The number of amides is 2. The molecule has 0 heterocycles. The summed E-state index contributed by atoms with van der Waals surface area (Å²) >= 11 is 0. The van der Waals surface area contributed by atoms with E-state index in [0.717, 1.165) is 17.7 Å². The summed E-state index contributed by atoms with van der Waals surface area (Å²) in [6.07, 6.45) is 1.46. The number of rotatable bonds is 8. The van der Waals surface area contributed by atoms with Crippen molar-refractivity contribution in [1.29, 1.82) is 0 Å². The molecule has 0 aliphatic heterocycles. The van der Waals surface area contributed by atoms with Gasteiger partial charge in [0, 0.05) is 6.92 Å². The summed E-state index contributed by atoms with van der Waals surface area (Å²) in [5, 5.41) is 5.43. The number of hydrogen-bond acceptors (Lipinski definition) is 3. The largest absolute Gasteiger partial charge is 0.492 e. The van der Waals surface area contributed by atoms with Gasteiger partial charge in [-0.05, 0) is 31.0 Å². The lowest BCUT2D eigenvalue weighted by molar-refractivity contribution is -0.128. The average Bonchev–Trinajstić information content (AvgIpc) is 2.42. The highest BCUT2D eigenvalue weighted by atomic mass is 16.5. The fourth-order valence-electron chi connectivity index (χ4n) is 1.97. The summed E-state index contributed by atoms with van der Waals surface area (Å²) in [5.41, 5.74) is 1.13. The molecule has 0 radical (unpaired) electrons. The second-order valence-electron chi connectivity index (χ2n) is 5.00. The van der Waals surface area contributed by atoms with Crippen molar-refractivity contribution in [2.75, 3.05) is 13.2 Å². The molecule has 0 saturated carbocycles. The molecule has 2 N–H and O–H groups in total. The molecule has 1 aromatic carbocycles. The van der Waals surface area contributed by atoms with Crippen LogP contribution in [0.2, 0.25) is 0 Å². The van der Waals surface area contributed by atoms with Crippen LogP contribution in [0.15, 0.2) is 24.3 Å². The van der Waals surface area contributed by atoms with Crippen LogP contribution in [-0.2, 0) is 9.59 Å². The lowest BCUT2D eigenvalue weighted by Gasteiger charge is -2.17. The highest BCUT2D eigenvalue weighted by molar-refractivity contribution is 5.86. The van der Waals surface area contributed by atoms with Crippen molar-refractivity contribution in [3.63, 3.8) is 0 Å². The van der Waals surface area contributed by atoms with Gasteiger partial charge in [0.15, 0.2) is 0 Å². The van der Waals surface area contributed by atoms with E-state index < -0.39 is 6.04 Å². The van der Waals surface area contributed by atoms with Crippen molar-refractivity contribution >= 4 is 11.8 Å². The minimum Gasteiger partial charge on any atom is -0.492 e. The molecule has 21 heavy (non-hydrogen) atoms. The molecule has 0 saturated heterocycles. The number of nitrogens with one attached hydrogen (secondary N) is 2. The molecule has 5 nitrogen and oxygen atoms in total. The third kappa shape index (κ3) is 6.79. The van der Waals surface area contributed by atoms with Crippen molar-refractivity contribution < 1.29 is 14.3 Å². The van der Waals surface area contributed by atoms with Crippen molar-refractivity contribution in [1.82, 2.24) is 10.6 Å². The Morgan fingerprint density at radius 2 is 2.10 bits per heavy atom. The molecule has 0 spiro atoms. The van der Waals surface area contributed by atoms with Crippen LogP contribution < -0.4 is 15.4 Å². The molecule has 0 aliphatic rings. The Hall–Kier alpha value is -2.04. The smallest absolute Gasteiger partial charge is 0.242 e. The summed E-state index contributed by atoms with van der Waals surface area (Å²) in [7, 11) is 0. The first-order valence-electron chi connectivity index (χ1n) is 7.27. The second kappa shape index (κ2) is 9.00. The molecule has 116 valence electrons. The molecule has 1 rings (SSSR count). The number of aryl methyl sites for hydroxylation is 1. The predicted octanol–water partition coefficient (Wildman–Crippen LogP) is 1.79. The third-order valence-corrected chi connectivity index (χ3v) is 2.93. The Balaban J connectivity index is 2.32. The van der Waals surface area contributed by atoms with E-state index in [9.17, 15) is 9.59 Å². The summed E-state index contributed by atoms with van der Waals surface area (Å²) in [5.74, 6) is 0.427. The van der Waals surface area contributed by atoms with Crippen molar-refractivity contribution in [2.45, 2.75) is 39.7 Å². The van der Waals surface area contributed by atoms with E-state index in [2.05, 4.69) is 10.6 Å². The number of benzene rings is 1. The molecular weight excluding hydrogens is 268 g/mol. The van der Waals surface area contributed by atoms with Crippen molar-refractivity contribution in [2.24, 2.45) is 0 Å². The Kier molecular flexibility index (Phi) is 7.29. The van der Waals surface area contributed by atoms with E-state index in [0.29, 0.717) is 19.6 Å². The highest BCUT2D eigenvalue weighted by Gasteiger charge is 2.17. The maximum Gasteiger partial charge on any atom is 0.242 e. The lowest BCUT2D eigenvalue weighted by atomic mass is 10.1. The number of carbonyl (C=O) groups excluding carboxylic acids is 2. The Bertz CT molecular complexity index is 474. The molecule has 0 fully saturated rings. The van der Waals surface area contributed by atoms with Crippen LogP contribution in [0.25, 0.3) is 0 Å². The molecule has 0 aromatic heterocycles. The zero-order valence-corrected chi connectivity index (χ0v) is 12.9. The molecule has 2 amide bonds. The van der Waals surface area contributed by atoms with E-state index in [1.54, 1.807) is 0 Å². The minimum absolute atomic E-state index is 0.167. The Labute approximate surface area is 126 Å². The van der Waals surface area contributed by atoms with Gasteiger partial charge in [0.05, 0.1) is 6.54 Å². The quantitative estimate of drug-likeness (QED) is 0.718. The van der Waals surface area contributed by atoms with Gasteiger partial charge in [-0.1, -0.05) is 25.5 Å². The molecular formula is C16H24N2O3. The van der Waals surface area contributed by atoms with Crippen LogP contribution in [0.4, 0.5) is 0 Å². The maximum absolute atomic E-state index is 12.0. The van der Waals surface area contributed by atoms with Crippen LogP contribution >= 0.6 is 0 Å². The van der Waals surface area contributed by atoms with E-state index in [-0.39, 0.29) is 11.8 Å². The second-order valence-corrected chi connectivity index (χ2v) is 5.00. The number of ether oxygens (including phenoxy) is 1. The first-order valence-corrected chi connectivity index (χ1v) is 7.27. The summed E-state index contributed by atoms with van der Waals surface area (Å²) in [4.78, 5) is 23.0. The molecule has 1 aromatic rings. The van der Waals surface area contributed by atoms with Gasteiger partial charge >= 0.3 is 0 Å². The van der Waals surface area contributed by atoms with Gasteiger partial charge in [0.25, 0.3) is 0 Å². The normalized spacial score (nSPS) is 11.6. The van der Waals surface area contributed by atoms with E-state index in [4.69, 9.17) is 4.74 Å². The molecule has 5 heteroatoms. The van der Waals surface area contributed by atoms with Gasteiger partial charge in [-0.25, -0.2) is 0 Å². The van der Waals surface area contributed by atoms with Crippen LogP contribution in [0.1, 0.15) is 32.3 Å². The fraction of sp³-hybridized carbons (Fsp3) is 0.500. The predicted molar refractivity (Wildman–Crippen MR) is 82.2 cm³/mol. The molecule has 1 unspecified atom stereocenters. The molecule has 0 bridgehead atoms. The summed E-state index contributed by atoms with van der Waals surface area (Å²) in [6, 6.07) is 7.28. The van der Waals surface area contributed by atoms with Crippen LogP contribution in [0.5, 0.6) is 5.75 Å². The first kappa shape index (κ1) is 17.0. The maximum atomic E-state index is 12.0. The summed E-state index contributed by atoms with van der Waals surface area (Å²) in [6.45, 7) is 6.19. The SMILES string of the molecule is CCCC(NC(C)=O)C(=O)NCCOc1cccc(C)c1. The van der Waals surface area contributed by atoms with Gasteiger partial charge in [0.1, 0.15) is 18.4 Å². The van der Waals surface area contributed by atoms with Crippen molar-refractivity contribution in [3.05, 3.63) is 29.8 Å². The fourth-order valence-corrected chi connectivity index (χ4v) is 1.97. The van der Waals surface area contributed by atoms with Crippen molar-refractivity contribution in [3.8, 4) is 5.75 Å². The Morgan fingerprint density at radius 1 is 1.33 bits per heavy atom. The zero-order chi connectivity index (χ0) is 15.7. The Morgan fingerprint density at radius 3 is 2.71 bits per heavy atom. The first-order chi connectivity index (χ1) is 10.0. The van der Waals surface area contributed by atoms with Gasteiger partial charge in [0.2, 0.25) is 11.8 Å². The summed E-state index contributed by atoms with van der Waals surface area (Å²) < 4.78 is 5.56. The minimum atomic E-state index is -0.466. The highest BCUT2D eigenvalue weighted by Crippen LogP contribution is 2.11.